The van der Waals surface area contributed by atoms with Gasteiger partial charge in [-0.1, -0.05) is 6.92 Å². The Morgan fingerprint density at radius 1 is 1.27 bits per heavy atom. The van der Waals surface area contributed by atoms with Crippen molar-refractivity contribution >= 4 is 0 Å². The molecule has 0 amide bonds. The largest absolute Gasteiger partial charge is 0.393 e. The van der Waals surface area contributed by atoms with E-state index >= 15 is 0 Å². The Bertz CT molecular complexity index is 159. The lowest BCUT2D eigenvalue weighted by Crippen LogP contribution is -2.26. The third-order valence-electron chi connectivity index (χ3n) is 3.46. The molecule has 2 unspecified atom stereocenters. The van der Waals surface area contributed by atoms with E-state index in [0.717, 1.165) is 12.3 Å². The lowest BCUT2D eigenvalue weighted by molar-refractivity contribution is 0.177. The van der Waals surface area contributed by atoms with Crippen LogP contribution >= 0.6 is 0 Å². The summed E-state index contributed by atoms with van der Waals surface area (Å²) in [6.07, 6.45) is 7.42. The van der Waals surface area contributed by atoms with E-state index in [4.69, 9.17) is 5.11 Å². The van der Waals surface area contributed by atoms with Gasteiger partial charge in [0.25, 0.3) is 0 Å². The van der Waals surface area contributed by atoms with E-state index in [0.29, 0.717) is 0 Å². The molecular formula is C13H27NO. The summed E-state index contributed by atoms with van der Waals surface area (Å²) in [5.74, 6) is 0.924. The molecule has 0 aromatic carbocycles. The van der Waals surface area contributed by atoms with Crippen molar-refractivity contribution in [1.29, 1.82) is 0 Å². The average molecular weight is 213 g/mol. The quantitative estimate of drug-likeness (QED) is 0.710. The Labute approximate surface area is 94.7 Å². The minimum absolute atomic E-state index is 0.117. The number of likely N-dealkylation sites (tertiary alicyclic amines) is 1. The molecule has 1 aliphatic rings. The minimum Gasteiger partial charge on any atom is -0.393 e. The third kappa shape index (κ3) is 6.16. The van der Waals surface area contributed by atoms with Gasteiger partial charge >= 0.3 is 0 Å². The van der Waals surface area contributed by atoms with Crippen molar-refractivity contribution in [2.24, 2.45) is 5.92 Å². The molecule has 1 aliphatic heterocycles. The molecule has 1 fully saturated rings. The Kier molecular flexibility index (Phi) is 6.26. The highest BCUT2D eigenvalue weighted by Crippen LogP contribution is 2.16. The zero-order valence-electron chi connectivity index (χ0n) is 10.4. The number of rotatable bonds is 5. The highest BCUT2D eigenvalue weighted by atomic mass is 16.3. The highest BCUT2D eigenvalue weighted by Gasteiger charge is 2.12. The average Bonchev–Trinajstić information content (AvgIpc) is 2.38. The van der Waals surface area contributed by atoms with Crippen LogP contribution in [0.1, 0.15) is 52.4 Å². The van der Waals surface area contributed by atoms with E-state index in [1.165, 1.54) is 51.7 Å². The first-order valence-electron chi connectivity index (χ1n) is 6.59. The molecule has 0 aliphatic carbocycles. The van der Waals surface area contributed by atoms with Crippen molar-refractivity contribution in [2.75, 3.05) is 19.6 Å². The summed E-state index contributed by atoms with van der Waals surface area (Å²) in [7, 11) is 0. The van der Waals surface area contributed by atoms with Crippen LogP contribution < -0.4 is 0 Å². The highest BCUT2D eigenvalue weighted by molar-refractivity contribution is 4.67. The predicted molar refractivity (Wildman–Crippen MR) is 65.0 cm³/mol. The molecule has 0 spiro atoms. The molecule has 0 bridgehead atoms. The van der Waals surface area contributed by atoms with Gasteiger partial charge in [-0.15, -0.1) is 0 Å². The van der Waals surface area contributed by atoms with Gasteiger partial charge in [-0.05, 0) is 71.0 Å². The molecule has 0 aromatic heterocycles. The number of nitrogens with zero attached hydrogens (tertiary/aromatic N) is 1. The van der Waals surface area contributed by atoms with Gasteiger partial charge in [0.15, 0.2) is 0 Å². The fourth-order valence-electron chi connectivity index (χ4n) is 2.32. The second kappa shape index (κ2) is 7.24. The van der Waals surface area contributed by atoms with E-state index in [1.54, 1.807) is 0 Å². The van der Waals surface area contributed by atoms with Crippen molar-refractivity contribution in [3.8, 4) is 0 Å². The van der Waals surface area contributed by atoms with Crippen LogP contribution in [0, 0.1) is 5.92 Å². The van der Waals surface area contributed by atoms with Crippen LogP contribution in [-0.2, 0) is 0 Å². The van der Waals surface area contributed by atoms with E-state index in [1.807, 2.05) is 6.92 Å². The molecule has 0 aromatic rings. The van der Waals surface area contributed by atoms with Crippen LogP contribution in [0.15, 0.2) is 0 Å². The van der Waals surface area contributed by atoms with Gasteiger partial charge in [0.05, 0.1) is 6.10 Å². The van der Waals surface area contributed by atoms with Crippen molar-refractivity contribution in [3.05, 3.63) is 0 Å². The normalized spacial score (nSPS) is 26.2. The maximum Gasteiger partial charge on any atom is 0.0512 e. The van der Waals surface area contributed by atoms with E-state index in [-0.39, 0.29) is 6.10 Å². The van der Waals surface area contributed by atoms with Gasteiger partial charge in [-0.25, -0.2) is 0 Å². The van der Waals surface area contributed by atoms with Crippen LogP contribution in [0.4, 0.5) is 0 Å². The monoisotopic (exact) mass is 213 g/mol. The van der Waals surface area contributed by atoms with Crippen LogP contribution in [0.2, 0.25) is 0 Å². The third-order valence-corrected chi connectivity index (χ3v) is 3.46. The summed E-state index contributed by atoms with van der Waals surface area (Å²) in [5, 5.41) is 9.16. The van der Waals surface area contributed by atoms with Gasteiger partial charge < -0.3 is 10.0 Å². The molecule has 0 saturated carbocycles. The molecule has 2 heteroatoms. The molecule has 1 heterocycles. The van der Waals surface area contributed by atoms with Gasteiger partial charge in [0, 0.05) is 0 Å². The van der Waals surface area contributed by atoms with Gasteiger partial charge in [-0.2, -0.15) is 0 Å². The second-order valence-corrected chi connectivity index (χ2v) is 5.22. The fraction of sp³-hybridized carbons (Fsp3) is 1.00. The van der Waals surface area contributed by atoms with Crippen LogP contribution in [0.5, 0.6) is 0 Å². The van der Waals surface area contributed by atoms with Crippen molar-refractivity contribution < 1.29 is 5.11 Å². The summed E-state index contributed by atoms with van der Waals surface area (Å²) in [4.78, 5) is 2.60. The Balaban J connectivity index is 2.05. The molecule has 1 N–H and O–H groups in total. The van der Waals surface area contributed by atoms with Crippen molar-refractivity contribution in [2.45, 2.75) is 58.5 Å². The number of hydrogen-bond acceptors (Lipinski definition) is 2. The molecule has 0 radical (unpaired) electrons. The minimum atomic E-state index is -0.117. The summed E-state index contributed by atoms with van der Waals surface area (Å²) in [6, 6.07) is 0. The number of aliphatic hydroxyl groups excluding tert-OH is 1. The molecule has 90 valence electrons. The Morgan fingerprint density at radius 2 is 2.07 bits per heavy atom. The van der Waals surface area contributed by atoms with Crippen LogP contribution in [-0.4, -0.2) is 35.7 Å². The first kappa shape index (κ1) is 13.0. The zero-order valence-corrected chi connectivity index (χ0v) is 10.4. The standard InChI is InChI=1S/C13H27NO/c1-12-6-5-10-14(11-8-12)9-4-3-7-13(2)15/h12-13,15H,3-11H2,1-2H3. The number of hydrogen-bond donors (Lipinski definition) is 1. The summed E-state index contributed by atoms with van der Waals surface area (Å²) in [6.45, 7) is 8.07. The van der Waals surface area contributed by atoms with E-state index in [9.17, 15) is 0 Å². The maximum absolute atomic E-state index is 9.16. The van der Waals surface area contributed by atoms with Gasteiger partial charge in [-0.3, -0.25) is 0 Å². The summed E-state index contributed by atoms with van der Waals surface area (Å²) < 4.78 is 0. The lowest BCUT2D eigenvalue weighted by Gasteiger charge is -2.19. The first-order valence-corrected chi connectivity index (χ1v) is 6.59. The van der Waals surface area contributed by atoms with E-state index < -0.39 is 0 Å². The Hall–Kier alpha value is -0.0800. The Morgan fingerprint density at radius 3 is 2.80 bits per heavy atom. The SMILES string of the molecule is CC(O)CCCCN1CCCC(C)CC1. The number of unbranched alkanes of at least 4 members (excludes halogenated alkanes) is 1. The van der Waals surface area contributed by atoms with Gasteiger partial charge in [0.2, 0.25) is 0 Å². The summed E-state index contributed by atoms with van der Waals surface area (Å²) >= 11 is 0. The van der Waals surface area contributed by atoms with Crippen molar-refractivity contribution in [1.82, 2.24) is 4.90 Å². The topological polar surface area (TPSA) is 23.5 Å². The maximum atomic E-state index is 9.16. The second-order valence-electron chi connectivity index (χ2n) is 5.22. The number of aliphatic hydroxyl groups is 1. The molecule has 2 atom stereocenters. The molecule has 15 heavy (non-hydrogen) atoms. The van der Waals surface area contributed by atoms with Gasteiger partial charge in [0.1, 0.15) is 0 Å². The molecule has 1 saturated heterocycles. The van der Waals surface area contributed by atoms with Crippen LogP contribution in [0.25, 0.3) is 0 Å². The predicted octanol–water partition coefficient (Wildman–Crippen LogP) is 2.66. The molecule has 2 nitrogen and oxygen atoms in total. The first-order chi connectivity index (χ1) is 7.18. The molecule has 1 rings (SSSR count). The zero-order chi connectivity index (χ0) is 11.1. The fourth-order valence-corrected chi connectivity index (χ4v) is 2.32. The smallest absolute Gasteiger partial charge is 0.0512 e. The molecular weight excluding hydrogens is 186 g/mol. The van der Waals surface area contributed by atoms with Crippen LogP contribution in [0.3, 0.4) is 0 Å². The summed E-state index contributed by atoms with van der Waals surface area (Å²) in [5.41, 5.74) is 0. The van der Waals surface area contributed by atoms with Crippen molar-refractivity contribution in [3.63, 3.8) is 0 Å². The van der Waals surface area contributed by atoms with E-state index in [2.05, 4.69) is 11.8 Å². The lowest BCUT2D eigenvalue weighted by atomic mass is 10.0.